The van der Waals surface area contributed by atoms with Crippen LogP contribution in [0.5, 0.6) is 11.5 Å². The van der Waals surface area contributed by atoms with Gasteiger partial charge in [0.15, 0.2) is 0 Å². The molecule has 0 fully saturated rings. The molecule has 0 spiro atoms. The van der Waals surface area contributed by atoms with E-state index in [1.165, 1.54) is 28.1 Å². The van der Waals surface area contributed by atoms with Crippen LogP contribution in [0.1, 0.15) is 13.8 Å². The molecule has 0 heterocycles. The molecule has 0 unspecified atom stereocenters. The number of methoxy groups -OCH3 is 2. The molecule has 0 aromatic heterocycles. The summed E-state index contributed by atoms with van der Waals surface area (Å²) in [5.41, 5.74) is -1.17. The summed E-state index contributed by atoms with van der Waals surface area (Å²) in [6.45, 7) is 2.66. The number of carbonyl (C=O) groups is 2. The van der Waals surface area contributed by atoms with E-state index < -0.39 is 17.3 Å². The summed E-state index contributed by atoms with van der Waals surface area (Å²) in [5, 5.41) is 11.5. The molecule has 0 aliphatic carbocycles. The van der Waals surface area contributed by atoms with Crippen molar-refractivity contribution in [2.45, 2.75) is 13.8 Å². The van der Waals surface area contributed by atoms with E-state index in [1.807, 2.05) is 0 Å². The van der Waals surface area contributed by atoms with Gasteiger partial charge in [-0.25, -0.2) is 0 Å². The van der Waals surface area contributed by atoms with E-state index in [4.69, 9.17) is 14.6 Å². The lowest BCUT2D eigenvalue weighted by Gasteiger charge is -2.19. The second kappa shape index (κ2) is 5.60. The number of aliphatic carboxylic acids is 1. The molecular formula is C13H17NO5. The van der Waals surface area contributed by atoms with Crippen LogP contribution in [-0.4, -0.2) is 31.2 Å². The van der Waals surface area contributed by atoms with Crippen molar-refractivity contribution >= 4 is 17.6 Å². The van der Waals surface area contributed by atoms with Gasteiger partial charge in [0.05, 0.1) is 19.9 Å². The number of nitrogens with one attached hydrogen (secondary N) is 1. The van der Waals surface area contributed by atoms with Crippen LogP contribution in [0.3, 0.4) is 0 Å². The van der Waals surface area contributed by atoms with Crippen molar-refractivity contribution < 1.29 is 24.2 Å². The number of ether oxygens (including phenoxy) is 2. The summed E-state index contributed by atoms with van der Waals surface area (Å²) in [5.74, 6) is -0.877. The minimum Gasteiger partial charge on any atom is -0.497 e. The predicted molar refractivity (Wildman–Crippen MR) is 69.6 cm³/mol. The predicted octanol–water partition coefficient (Wildman–Crippen LogP) is 1.75. The number of hydrogen-bond donors (Lipinski definition) is 2. The largest absolute Gasteiger partial charge is 0.497 e. The maximum atomic E-state index is 12.0. The summed E-state index contributed by atoms with van der Waals surface area (Å²) < 4.78 is 10.1. The zero-order chi connectivity index (χ0) is 14.6. The lowest BCUT2D eigenvalue weighted by Crippen LogP contribution is -2.37. The Morgan fingerprint density at radius 3 is 2.32 bits per heavy atom. The average molecular weight is 267 g/mol. The van der Waals surface area contributed by atoms with Gasteiger partial charge in [-0.1, -0.05) is 0 Å². The van der Waals surface area contributed by atoms with Crippen molar-refractivity contribution in [3.63, 3.8) is 0 Å². The Labute approximate surface area is 111 Å². The van der Waals surface area contributed by atoms with Gasteiger partial charge in [0.2, 0.25) is 5.91 Å². The molecule has 1 aromatic rings. The van der Waals surface area contributed by atoms with Gasteiger partial charge in [0, 0.05) is 6.07 Å². The summed E-state index contributed by atoms with van der Waals surface area (Å²) >= 11 is 0. The molecule has 2 N–H and O–H groups in total. The van der Waals surface area contributed by atoms with Crippen LogP contribution in [0.25, 0.3) is 0 Å². The maximum Gasteiger partial charge on any atom is 0.318 e. The van der Waals surface area contributed by atoms with Gasteiger partial charge < -0.3 is 19.9 Å². The number of carboxylic acids is 1. The van der Waals surface area contributed by atoms with Gasteiger partial charge in [0.1, 0.15) is 16.9 Å². The van der Waals surface area contributed by atoms with Gasteiger partial charge >= 0.3 is 5.97 Å². The maximum absolute atomic E-state index is 12.0. The topological polar surface area (TPSA) is 84.9 Å². The van der Waals surface area contributed by atoms with Crippen molar-refractivity contribution in [1.82, 2.24) is 0 Å². The standard InChI is InChI=1S/C13H17NO5/c1-13(2,12(16)17)11(15)14-9-7-8(18-3)5-6-10(9)19-4/h5-7H,1-4H3,(H,14,15)(H,16,17). The van der Waals surface area contributed by atoms with E-state index in [0.29, 0.717) is 17.2 Å². The molecule has 19 heavy (non-hydrogen) atoms. The SMILES string of the molecule is COc1ccc(OC)c(NC(=O)C(C)(C)C(=O)O)c1. The van der Waals surface area contributed by atoms with E-state index in [2.05, 4.69) is 5.32 Å². The van der Waals surface area contributed by atoms with E-state index >= 15 is 0 Å². The highest BCUT2D eigenvalue weighted by atomic mass is 16.5. The Balaban J connectivity index is 3.04. The van der Waals surface area contributed by atoms with Crippen LogP contribution in [0.15, 0.2) is 18.2 Å². The smallest absolute Gasteiger partial charge is 0.318 e. The second-order valence-corrected chi connectivity index (χ2v) is 4.45. The normalized spacial score (nSPS) is 10.7. The molecule has 1 rings (SSSR count). The average Bonchev–Trinajstić information content (AvgIpc) is 2.38. The minimum atomic E-state index is -1.53. The van der Waals surface area contributed by atoms with Crippen LogP contribution in [0.4, 0.5) is 5.69 Å². The number of benzene rings is 1. The molecule has 1 amide bonds. The lowest BCUT2D eigenvalue weighted by molar-refractivity contribution is -0.151. The highest BCUT2D eigenvalue weighted by Crippen LogP contribution is 2.30. The van der Waals surface area contributed by atoms with E-state index in [0.717, 1.165) is 0 Å². The van der Waals surface area contributed by atoms with E-state index in [-0.39, 0.29) is 0 Å². The van der Waals surface area contributed by atoms with Gasteiger partial charge in [0.25, 0.3) is 0 Å². The van der Waals surface area contributed by atoms with Crippen molar-refractivity contribution in [2.75, 3.05) is 19.5 Å². The zero-order valence-electron chi connectivity index (χ0n) is 11.3. The van der Waals surface area contributed by atoms with Crippen molar-refractivity contribution in [3.05, 3.63) is 18.2 Å². The zero-order valence-corrected chi connectivity index (χ0v) is 11.3. The number of rotatable bonds is 5. The molecule has 0 saturated carbocycles. The number of hydrogen-bond acceptors (Lipinski definition) is 4. The fourth-order valence-corrected chi connectivity index (χ4v) is 1.29. The first kappa shape index (κ1) is 14.8. The highest BCUT2D eigenvalue weighted by Gasteiger charge is 2.36. The molecule has 0 aliphatic rings. The lowest BCUT2D eigenvalue weighted by atomic mass is 9.92. The molecule has 0 radical (unpaired) electrons. The summed E-state index contributed by atoms with van der Waals surface area (Å²) in [6, 6.07) is 4.87. The first-order valence-electron chi connectivity index (χ1n) is 5.59. The number of carboxylic acid groups (broad SMARTS) is 1. The number of anilines is 1. The Bertz CT molecular complexity index is 496. The third-order valence-corrected chi connectivity index (χ3v) is 2.76. The van der Waals surface area contributed by atoms with Crippen LogP contribution in [-0.2, 0) is 9.59 Å². The molecule has 0 aliphatic heterocycles. The van der Waals surface area contributed by atoms with E-state index in [1.54, 1.807) is 18.2 Å². The number of amides is 1. The molecule has 1 aromatic carbocycles. The van der Waals surface area contributed by atoms with E-state index in [9.17, 15) is 9.59 Å². The Morgan fingerprint density at radius 2 is 1.84 bits per heavy atom. The van der Waals surface area contributed by atoms with Crippen LogP contribution < -0.4 is 14.8 Å². The fraction of sp³-hybridized carbons (Fsp3) is 0.385. The molecule has 0 atom stereocenters. The quantitative estimate of drug-likeness (QED) is 0.794. The molecule has 104 valence electrons. The third-order valence-electron chi connectivity index (χ3n) is 2.76. The molecule has 6 nitrogen and oxygen atoms in total. The highest BCUT2D eigenvalue weighted by molar-refractivity contribution is 6.08. The molecule has 6 heteroatoms. The molecular weight excluding hydrogens is 250 g/mol. The van der Waals surface area contributed by atoms with Crippen LogP contribution in [0.2, 0.25) is 0 Å². The van der Waals surface area contributed by atoms with Crippen molar-refractivity contribution in [2.24, 2.45) is 5.41 Å². The van der Waals surface area contributed by atoms with Crippen molar-refractivity contribution in [3.8, 4) is 11.5 Å². The first-order chi connectivity index (χ1) is 8.82. The van der Waals surface area contributed by atoms with Crippen LogP contribution >= 0.6 is 0 Å². The van der Waals surface area contributed by atoms with Crippen LogP contribution in [0, 0.1) is 5.41 Å². The summed E-state index contributed by atoms with van der Waals surface area (Å²) in [7, 11) is 2.95. The third kappa shape index (κ3) is 3.15. The molecule has 0 bridgehead atoms. The Hall–Kier alpha value is -2.24. The van der Waals surface area contributed by atoms with Gasteiger partial charge in [-0.15, -0.1) is 0 Å². The Morgan fingerprint density at radius 1 is 1.21 bits per heavy atom. The summed E-state index contributed by atoms with van der Waals surface area (Å²) in [6.07, 6.45) is 0. The molecule has 0 saturated heterocycles. The minimum absolute atomic E-state index is 0.362. The van der Waals surface area contributed by atoms with Gasteiger partial charge in [-0.05, 0) is 26.0 Å². The fourth-order valence-electron chi connectivity index (χ4n) is 1.29. The monoisotopic (exact) mass is 267 g/mol. The van der Waals surface area contributed by atoms with Crippen molar-refractivity contribution in [1.29, 1.82) is 0 Å². The van der Waals surface area contributed by atoms with Gasteiger partial charge in [-0.3, -0.25) is 9.59 Å². The second-order valence-electron chi connectivity index (χ2n) is 4.45. The Kier molecular flexibility index (Phi) is 4.37. The number of carbonyl (C=O) groups excluding carboxylic acids is 1. The van der Waals surface area contributed by atoms with Gasteiger partial charge in [-0.2, -0.15) is 0 Å². The summed E-state index contributed by atoms with van der Waals surface area (Å²) in [4.78, 5) is 23.0. The first-order valence-corrected chi connectivity index (χ1v) is 5.59.